The molecule has 1 N–H and O–H groups in total. The molecule has 0 fully saturated rings. The number of hydrogen-bond donors (Lipinski definition) is 1. The molecule has 84 valence electrons. The first-order valence-corrected chi connectivity index (χ1v) is 6.33. The quantitative estimate of drug-likeness (QED) is 0.743. The van der Waals surface area contributed by atoms with Gasteiger partial charge in [0.15, 0.2) is 0 Å². The summed E-state index contributed by atoms with van der Waals surface area (Å²) in [6, 6.07) is 8.19. The van der Waals surface area contributed by atoms with Crippen LogP contribution in [0.1, 0.15) is 42.0 Å². The van der Waals surface area contributed by atoms with Gasteiger partial charge in [-0.1, -0.05) is 35.9 Å². The van der Waals surface area contributed by atoms with Crippen LogP contribution in [-0.2, 0) is 6.42 Å². The van der Waals surface area contributed by atoms with Crippen LogP contribution >= 0.6 is 0 Å². The molecule has 3 rings (SSSR count). The molecule has 1 aromatic carbocycles. The number of hydrogen-bond acceptors (Lipinski definition) is 1. The van der Waals surface area contributed by atoms with Crippen molar-refractivity contribution in [2.45, 2.75) is 44.7 Å². The Morgan fingerprint density at radius 2 is 2.00 bits per heavy atom. The minimum Gasteiger partial charge on any atom is -0.307 e. The van der Waals surface area contributed by atoms with Gasteiger partial charge in [-0.2, -0.15) is 0 Å². The van der Waals surface area contributed by atoms with Crippen molar-refractivity contribution in [1.29, 1.82) is 0 Å². The first-order valence-electron chi connectivity index (χ1n) is 6.33. The van der Waals surface area contributed by atoms with Crippen molar-refractivity contribution in [2.24, 2.45) is 0 Å². The lowest BCUT2D eigenvalue weighted by Crippen LogP contribution is -2.29. The second-order valence-corrected chi connectivity index (χ2v) is 5.10. The average molecular weight is 213 g/mol. The third-order valence-corrected chi connectivity index (χ3v) is 3.82. The van der Waals surface area contributed by atoms with Crippen molar-refractivity contribution >= 4 is 0 Å². The van der Waals surface area contributed by atoms with Gasteiger partial charge < -0.3 is 5.32 Å². The second-order valence-electron chi connectivity index (χ2n) is 5.10. The molecular weight excluding hydrogens is 194 g/mol. The Kier molecular flexibility index (Phi) is 2.56. The molecular formula is C15H19N. The van der Waals surface area contributed by atoms with Crippen LogP contribution in [0.3, 0.4) is 0 Å². The fourth-order valence-corrected chi connectivity index (χ4v) is 2.96. The van der Waals surface area contributed by atoms with E-state index < -0.39 is 0 Å². The highest BCUT2D eigenvalue weighted by Gasteiger charge is 2.24. The van der Waals surface area contributed by atoms with E-state index in [0.29, 0.717) is 12.1 Å². The van der Waals surface area contributed by atoms with Crippen molar-refractivity contribution in [3.05, 3.63) is 47.0 Å². The van der Waals surface area contributed by atoms with Crippen molar-refractivity contribution in [1.82, 2.24) is 5.32 Å². The normalized spacial score (nSPS) is 23.9. The van der Waals surface area contributed by atoms with E-state index in [1.165, 1.54) is 36.8 Å². The highest BCUT2D eigenvalue weighted by molar-refractivity contribution is 5.37. The molecule has 2 aliphatic rings. The minimum absolute atomic E-state index is 0.598. The van der Waals surface area contributed by atoms with Crippen molar-refractivity contribution in [3.8, 4) is 0 Å². The summed E-state index contributed by atoms with van der Waals surface area (Å²) in [5, 5.41) is 3.79. The number of rotatable bonds is 2. The van der Waals surface area contributed by atoms with E-state index in [0.717, 1.165) is 0 Å². The van der Waals surface area contributed by atoms with E-state index >= 15 is 0 Å². The SMILES string of the molecule is Cc1ccc2c(c1)CCC2NC1CC=CC1. The standard InChI is InChI=1S/C15H19N/c1-11-6-8-14-12(10-11)7-9-15(14)16-13-4-2-3-5-13/h2-3,6,8,10,13,15-16H,4-5,7,9H2,1H3. The van der Waals surface area contributed by atoms with E-state index in [9.17, 15) is 0 Å². The molecule has 1 atom stereocenters. The first kappa shape index (κ1) is 10.1. The molecule has 0 heterocycles. The van der Waals surface area contributed by atoms with Crippen molar-refractivity contribution in [3.63, 3.8) is 0 Å². The van der Waals surface area contributed by atoms with Gasteiger partial charge in [-0.25, -0.2) is 0 Å². The predicted molar refractivity (Wildman–Crippen MR) is 67.5 cm³/mol. The number of aryl methyl sites for hydroxylation is 2. The Morgan fingerprint density at radius 3 is 2.81 bits per heavy atom. The monoisotopic (exact) mass is 213 g/mol. The van der Waals surface area contributed by atoms with Gasteiger partial charge >= 0.3 is 0 Å². The van der Waals surface area contributed by atoms with Gasteiger partial charge in [-0.15, -0.1) is 0 Å². The maximum Gasteiger partial charge on any atom is 0.0328 e. The summed E-state index contributed by atoms with van der Waals surface area (Å²) in [6.45, 7) is 2.18. The fourth-order valence-electron chi connectivity index (χ4n) is 2.96. The van der Waals surface area contributed by atoms with Crippen LogP contribution in [0.25, 0.3) is 0 Å². The minimum atomic E-state index is 0.598. The lowest BCUT2D eigenvalue weighted by molar-refractivity contribution is 0.446. The molecule has 0 bridgehead atoms. The van der Waals surface area contributed by atoms with Gasteiger partial charge in [0.1, 0.15) is 0 Å². The van der Waals surface area contributed by atoms with E-state index in [-0.39, 0.29) is 0 Å². The van der Waals surface area contributed by atoms with Crippen LogP contribution in [0.2, 0.25) is 0 Å². The molecule has 0 aliphatic heterocycles. The topological polar surface area (TPSA) is 12.0 Å². The summed E-state index contributed by atoms with van der Waals surface area (Å²) >= 11 is 0. The van der Waals surface area contributed by atoms with Crippen LogP contribution in [0, 0.1) is 6.92 Å². The Bertz CT molecular complexity index is 411. The Morgan fingerprint density at radius 1 is 1.19 bits per heavy atom. The first-order chi connectivity index (χ1) is 7.83. The largest absolute Gasteiger partial charge is 0.307 e. The van der Waals surface area contributed by atoms with Crippen LogP contribution < -0.4 is 5.32 Å². The molecule has 16 heavy (non-hydrogen) atoms. The molecule has 0 amide bonds. The van der Waals surface area contributed by atoms with Crippen LogP contribution in [0.4, 0.5) is 0 Å². The zero-order chi connectivity index (χ0) is 11.0. The summed E-state index contributed by atoms with van der Waals surface area (Å²) in [5.74, 6) is 0. The van der Waals surface area contributed by atoms with Crippen molar-refractivity contribution < 1.29 is 0 Å². The highest BCUT2D eigenvalue weighted by Crippen LogP contribution is 2.32. The third kappa shape index (κ3) is 1.80. The third-order valence-electron chi connectivity index (χ3n) is 3.82. The zero-order valence-electron chi connectivity index (χ0n) is 9.87. The number of benzene rings is 1. The molecule has 1 nitrogen and oxygen atoms in total. The summed E-state index contributed by atoms with van der Waals surface area (Å²) < 4.78 is 0. The Labute approximate surface area is 97.6 Å². The zero-order valence-corrected chi connectivity index (χ0v) is 9.87. The molecule has 2 aliphatic carbocycles. The summed E-state index contributed by atoms with van der Waals surface area (Å²) in [6.07, 6.45) is 9.52. The average Bonchev–Trinajstić information content (AvgIpc) is 2.89. The molecule has 1 heteroatoms. The summed E-state index contributed by atoms with van der Waals surface area (Å²) in [5.41, 5.74) is 4.49. The van der Waals surface area contributed by atoms with E-state index in [1.807, 2.05) is 0 Å². The molecule has 0 aromatic heterocycles. The molecule has 1 unspecified atom stereocenters. The van der Waals surface area contributed by atoms with Crippen molar-refractivity contribution in [2.75, 3.05) is 0 Å². The highest BCUT2D eigenvalue weighted by atomic mass is 15.0. The van der Waals surface area contributed by atoms with E-state index in [2.05, 4.69) is 42.6 Å². The fraction of sp³-hybridized carbons (Fsp3) is 0.467. The van der Waals surface area contributed by atoms with Gasteiger partial charge in [0, 0.05) is 12.1 Å². The van der Waals surface area contributed by atoms with Gasteiger partial charge in [0.2, 0.25) is 0 Å². The Hall–Kier alpha value is -1.08. The van der Waals surface area contributed by atoms with E-state index in [1.54, 1.807) is 5.56 Å². The lowest BCUT2D eigenvalue weighted by atomic mass is 10.0. The predicted octanol–water partition coefficient (Wildman–Crippen LogP) is 3.29. The van der Waals surface area contributed by atoms with Crippen LogP contribution in [0.5, 0.6) is 0 Å². The smallest absolute Gasteiger partial charge is 0.0328 e. The molecule has 0 saturated carbocycles. The van der Waals surface area contributed by atoms with Gasteiger partial charge in [0.05, 0.1) is 0 Å². The van der Waals surface area contributed by atoms with E-state index in [4.69, 9.17) is 0 Å². The molecule has 0 saturated heterocycles. The van der Waals surface area contributed by atoms with Gasteiger partial charge in [0.25, 0.3) is 0 Å². The second kappa shape index (κ2) is 4.06. The summed E-state index contributed by atoms with van der Waals surface area (Å²) in [4.78, 5) is 0. The van der Waals surface area contributed by atoms with Crippen LogP contribution in [0.15, 0.2) is 30.4 Å². The van der Waals surface area contributed by atoms with Gasteiger partial charge in [-0.3, -0.25) is 0 Å². The summed E-state index contributed by atoms with van der Waals surface area (Å²) in [7, 11) is 0. The van der Waals surface area contributed by atoms with Gasteiger partial charge in [-0.05, 0) is 43.7 Å². The Balaban J connectivity index is 1.75. The molecule has 1 aromatic rings. The lowest BCUT2D eigenvalue weighted by Gasteiger charge is -2.19. The molecule has 0 spiro atoms. The molecule has 0 radical (unpaired) electrons. The maximum atomic E-state index is 3.79. The number of nitrogens with one attached hydrogen (secondary N) is 1. The number of fused-ring (bicyclic) bond motifs is 1. The maximum absolute atomic E-state index is 3.79. The van der Waals surface area contributed by atoms with Crippen LogP contribution in [-0.4, -0.2) is 6.04 Å².